The average molecular weight is 258 g/mol. The predicted molar refractivity (Wildman–Crippen MR) is 41.8 cm³/mol. The van der Waals surface area contributed by atoms with Gasteiger partial charge in [-0.05, 0) is 0 Å². The fourth-order valence-electron chi connectivity index (χ4n) is 0.303. The molecule has 0 saturated heterocycles. The lowest BCUT2D eigenvalue weighted by Gasteiger charge is -2.03. The van der Waals surface area contributed by atoms with Crippen LogP contribution in [0, 0.1) is 0 Å². The van der Waals surface area contributed by atoms with Crippen molar-refractivity contribution < 1.29 is 19.1 Å². The minimum Gasteiger partial charge on any atom is -0.468 e. The van der Waals surface area contributed by atoms with E-state index >= 15 is 0 Å². The molecule has 0 aliphatic carbocycles. The van der Waals surface area contributed by atoms with Crippen LogP contribution in [-0.2, 0) is 19.1 Å². The first-order valence-corrected chi connectivity index (χ1v) is 3.67. The summed E-state index contributed by atoms with van der Waals surface area (Å²) in [5.74, 6) is -1.18. The van der Waals surface area contributed by atoms with E-state index in [-0.39, 0.29) is 0 Å². The molecule has 0 saturated carbocycles. The second-order valence-electron chi connectivity index (χ2n) is 1.41. The van der Waals surface area contributed by atoms with Gasteiger partial charge in [0.25, 0.3) is 0 Å². The third kappa shape index (κ3) is 2.51. The number of hydrogen-bond donors (Lipinski definition) is 0. The average Bonchev–Trinajstić information content (AvgIpc) is 2.00. The molecule has 0 N–H and O–H groups in total. The highest BCUT2D eigenvalue weighted by Crippen LogP contribution is 2.03. The van der Waals surface area contributed by atoms with Gasteiger partial charge < -0.3 is 9.47 Å². The quantitative estimate of drug-likeness (QED) is 0.306. The SMILES string of the molecule is COC(=O)C(I)C(=O)OC. The van der Waals surface area contributed by atoms with Crippen LogP contribution in [0.1, 0.15) is 0 Å². The molecule has 0 atom stereocenters. The standard InChI is InChI=1S/C5H7IO4/c1-9-4(7)3(6)5(8)10-2/h3H,1-2H3. The van der Waals surface area contributed by atoms with Gasteiger partial charge in [-0.3, -0.25) is 9.59 Å². The summed E-state index contributed by atoms with van der Waals surface area (Å²) < 4.78 is 7.72. The second-order valence-corrected chi connectivity index (χ2v) is 2.65. The highest BCUT2D eigenvalue weighted by atomic mass is 127. The van der Waals surface area contributed by atoms with Gasteiger partial charge in [-0.15, -0.1) is 0 Å². The molecule has 0 fully saturated rings. The Hall–Kier alpha value is -0.330. The van der Waals surface area contributed by atoms with Crippen LogP contribution in [0.25, 0.3) is 0 Å². The van der Waals surface area contributed by atoms with Crippen molar-refractivity contribution in [1.82, 2.24) is 0 Å². The molecule has 0 aliphatic heterocycles. The van der Waals surface area contributed by atoms with Gasteiger partial charge in [-0.25, -0.2) is 0 Å². The topological polar surface area (TPSA) is 52.6 Å². The Kier molecular flexibility index (Phi) is 4.33. The van der Waals surface area contributed by atoms with Crippen molar-refractivity contribution in [3.63, 3.8) is 0 Å². The number of alkyl halides is 1. The third-order valence-corrected chi connectivity index (χ3v) is 1.83. The fourth-order valence-corrected chi connectivity index (χ4v) is 0.812. The maximum atomic E-state index is 10.6. The maximum absolute atomic E-state index is 10.6. The molecule has 0 unspecified atom stereocenters. The van der Waals surface area contributed by atoms with Crippen LogP contribution in [0.2, 0.25) is 0 Å². The molecule has 10 heavy (non-hydrogen) atoms. The summed E-state index contributed by atoms with van der Waals surface area (Å²) in [4.78, 5) is 21.2. The van der Waals surface area contributed by atoms with Crippen molar-refractivity contribution >= 4 is 34.5 Å². The zero-order chi connectivity index (χ0) is 8.15. The summed E-state index contributed by atoms with van der Waals surface area (Å²) in [7, 11) is 2.44. The number of hydrogen-bond acceptors (Lipinski definition) is 4. The van der Waals surface area contributed by atoms with E-state index in [1.54, 1.807) is 22.6 Å². The number of halogens is 1. The monoisotopic (exact) mass is 258 g/mol. The van der Waals surface area contributed by atoms with Gasteiger partial charge in [-0.1, -0.05) is 22.6 Å². The lowest BCUT2D eigenvalue weighted by atomic mass is 10.4. The summed E-state index contributed by atoms with van der Waals surface area (Å²) in [6.07, 6.45) is 0. The minimum atomic E-state index is -0.854. The first-order valence-electron chi connectivity index (χ1n) is 2.43. The van der Waals surface area contributed by atoms with E-state index in [4.69, 9.17) is 0 Å². The number of ether oxygens (including phenoxy) is 2. The molecule has 0 spiro atoms. The van der Waals surface area contributed by atoms with Crippen LogP contribution in [-0.4, -0.2) is 30.1 Å². The van der Waals surface area contributed by atoms with Crippen LogP contribution in [0.15, 0.2) is 0 Å². The molecule has 0 heterocycles. The zero-order valence-electron chi connectivity index (χ0n) is 5.59. The molecule has 0 aliphatic rings. The molecule has 0 aromatic carbocycles. The second kappa shape index (κ2) is 4.48. The summed E-state index contributed by atoms with van der Waals surface area (Å²) in [6.45, 7) is 0. The van der Waals surface area contributed by atoms with Crippen LogP contribution < -0.4 is 0 Å². The molecule has 0 aromatic rings. The van der Waals surface area contributed by atoms with E-state index in [0.717, 1.165) is 0 Å². The van der Waals surface area contributed by atoms with Gasteiger partial charge in [0.2, 0.25) is 3.92 Å². The van der Waals surface area contributed by atoms with Gasteiger partial charge in [-0.2, -0.15) is 0 Å². The van der Waals surface area contributed by atoms with E-state index in [1.807, 2.05) is 0 Å². The summed E-state index contributed by atoms with van der Waals surface area (Å²) in [6, 6.07) is 0. The van der Waals surface area contributed by atoms with Gasteiger partial charge >= 0.3 is 11.9 Å². The first kappa shape index (κ1) is 9.67. The molecular formula is C5H7IO4. The van der Waals surface area contributed by atoms with E-state index in [0.29, 0.717) is 0 Å². The maximum Gasteiger partial charge on any atom is 0.330 e. The number of methoxy groups -OCH3 is 2. The van der Waals surface area contributed by atoms with Crippen molar-refractivity contribution in [2.45, 2.75) is 3.92 Å². The minimum absolute atomic E-state index is 0.590. The Morgan fingerprint density at radius 1 is 1.20 bits per heavy atom. The molecule has 0 radical (unpaired) electrons. The first-order chi connectivity index (χ1) is 4.63. The van der Waals surface area contributed by atoms with Crippen LogP contribution in [0.3, 0.4) is 0 Å². The van der Waals surface area contributed by atoms with Gasteiger partial charge in [0.15, 0.2) is 0 Å². The zero-order valence-corrected chi connectivity index (χ0v) is 7.75. The number of carbonyl (C=O) groups excluding carboxylic acids is 2. The van der Waals surface area contributed by atoms with Gasteiger partial charge in [0.1, 0.15) is 0 Å². The van der Waals surface area contributed by atoms with Gasteiger partial charge in [0, 0.05) is 0 Å². The molecular weight excluding hydrogens is 251 g/mol. The largest absolute Gasteiger partial charge is 0.468 e. The van der Waals surface area contributed by atoms with Crippen molar-refractivity contribution in [2.24, 2.45) is 0 Å². The Morgan fingerprint density at radius 2 is 1.50 bits per heavy atom. The van der Waals surface area contributed by atoms with Crippen molar-refractivity contribution in [2.75, 3.05) is 14.2 Å². The van der Waals surface area contributed by atoms with Gasteiger partial charge in [0.05, 0.1) is 14.2 Å². The Labute approximate surface area is 72.0 Å². The van der Waals surface area contributed by atoms with Crippen LogP contribution in [0.5, 0.6) is 0 Å². The number of rotatable bonds is 2. The molecule has 58 valence electrons. The van der Waals surface area contributed by atoms with Crippen molar-refractivity contribution in [3.05, 3.63) is 0 Å². The third-order valence-electron chi connectivity index (χ3n) is 0.816. The molecule has 0 amide bonds. The van der Waals surface area contributed by atoms with E-state index in [9.17, 15) is 9.59 Å². The normalized spacial score (nSPS) is 9.20. The molecule has 0 aromatic heterocycles. The van der Waals surface area contributed by atoms with E-state index < -0.39 is 15.9 Å². The lowest BCUT2D eigenvalue weighted by molar-refractivity contribution is -0.149. The smallest absolute Gasteiger partial charge is 0.330 e. The Bertz CT molecular complexity index is 129. The molecule has 4 nitrogen and oxygen atoms in total. The highest BCUT2D eigenvalue weighted by molar-refractivity contribution is 14.1. The molecule has 0 rings (SSSR count). The summed E-state index contributed by atoms with van der Waals surface area (Å²) in [5.41, 5.74) is 0. The fraction of sp³-hybridized carbons (Fsp3) is 0.600. The van der Waals surface area contributed by atoms with Crippen LogP contribution >= 0.6 is 22.6 Å². The highest BCUT2D eigenvalue weighted by Gasteiger charge is 2.24. The lowest BCUT2D eigenvalue weighted by Crippen LogP contribution is -2.26. The summed E-state index contributed by atoms with van der Waals surface area (Å²) in [5, 5.41) is 0. The predicted octanol–water partition coefficient (Wildman–Crippen LogP) is 0.136. The van der Waals surface area contributed by atoms with E-state index in [1.165, 1.54) is 14.2 Å². The Balaban J connectivity index is 3.94. The van der Waals surface area contributed by atoms with Crippen molar-refractivity contribution in [3.8, 4) is 0 Å². The number of carbonyl (C=O) groups is 2. The Morgan fingerprint density at radius 3 is 1.70 bits per heavy atom. The van der Waals surface area contributed by atoms with Crippen molar-refractivity contribution in [1.29, 1.82) is 0 Å². The summed E-state index contributed by atoms with van der Waals surface area (Å²) >= 11 is 1.64. The molecule has 5 heteroatoms. The van der Waals surface area contributed by atoms with E-state index in [2.05, 4.69) is 9.47 Å². The number of esters is 2. The molecule has 0 bridgehead atoms. The van der Waals surface area contributed by atoms with Crippen LogP contribution in [0.4, 0.5) is 0 Å².